The van der Waals surface area contributed by atoms with E-state index in [9.17, 15) is 8.42 Å². The molecule has 7 heteroatoms. The minimum atomic E-state index is -3.26. The van der Waals surface area contributed by atoms with E-state index in [-0.39, 0.29) is 18.4 Å². The second-order valence-electron chi connectivity index (χ2n) is 7.26. The summed E-state index contributed by atoms with van der Waals surface area (Å²) in [6, 6.07) is 0.842. The van der Waals surface area contributed by atoms with E-state index in [4.69, 9.17) is 0 Å². The van der Waals surface area contributed by atoms with Crippen LogP contribution < -0.4 is 5.32 Å². The zero-order valence-corrected chi connectivity index (χ0v) is 15.9. The van der Waals surface area contributed by atoms with E-state index in [1.54, 1.807) is 15.7 Å². The second kappa shape index (κ2) is 8.48. The van der Waals surface area contributed by atoms with Crippen LogP contribution in [0.25, 0.3) is 0 Å². The largest absolute Gasteiger partial charge is 0.314 e. The van der Waals surface area contributed by atoms with Crippen molar-refractivity contribution in [1.82, 2.24) is 13.9 Å². The standard InChI is InChI=1S/C16H31N3O2S.ClH/c1-18(15-6-3-2-4-7-15)22(20,21)19-12-9-14(10-13-19)16-8-5-11-17-16;/h14-17H,2-13H2,1H3;1H. The van der Waals surface area contributed by atoms with Crippen LogP contribution in [0, 0.1) is 5.92 Å². The predicted octanol–water partition coefficient (Wildman–Crippen LogP) is 2.38. The van der Waals surface area contributed by atoms with E-state index in [2.05, 4.69) is 5.32 Å². The molecule has 0 spiro atoms. The number of hydrogen-bond acceptors (Lipinski definition) is 3. The van der Waals surface area contributed by atoms with Crippen molar-refractivity contribution in [2.45, 2.75) is 69.9 Å². The van der Waals surface area contributed by atoms with Crippen molar-refractivity contribution in [2.75, 3.05) is 26.7 Å². The lowest BCUT2D eigenvalue weighted by Gasteiger charge is -2.38. The predicted molar refractivity (Wildman–Crippen MR) is 96.1 cm³/mol. The van der Waals surface area contributed by atoms with Gasteiger partial charge in [-0.05, 0) is 51.0 Å². The molecule has 1 atom stereocenters. The summed E-state index contributed by atoms with van der Waals surface area (Å²) in [6.45, 7) is 2.53. The summed E-state index contributed by atoms with van der Waals surface area (Å²) in [5.41, 5.74) is 0. The Morgan fingerprint density at radius 3 is 2.17 bits per heavy atom. The maximum absolute atomic E-state index is 12.8. The molecule has 23 heavy (non-hydrogen) atoms. The van der Waals surface area contributed by atoms with Crippen molar-refractivity contribution >= 4 is 22.6 Å². The molecule has 0 amide bonds. The van der Waals surface area contributed by atoms with Crippen molar-refractivity contribution < 1.29 is 8.42 Å². The molecular formula is C16H32ClN3O2S. The Morgan fingerprint density at radius 2 is 1.61 bits per heavy atom. The first-order valence-electron chi connectivity index (χ1n) is 9.05. The van der Waals surface area contributed by atoms with Crippen molar-refractivity contribution in [2.24, 2.45) is 5.92 Å². The third-order valence-electron chi connectivity index (χ3n) is 5.95. The molecule has 0 aromatic carbocycles. The van der Waals surface area contributed by atoms with Gasteiger partial charge in [0.15, 0.2) is 0 Å². The number of halogens is 1. The molecule has 1 unspecified atom stereocenters. The summed E-state index contributed by atoms with van der Waals surface area (Å²) < 4.78 is 29.1. The molecule has 0 radical (unpaired) electrons. The Hall–Kier alpha value is 0.120. The quantitative estimate of drug-likeness (QED) is 0.832. The third-order valence-corrected chi connectivity index (χ3v) is 7.99. The van der Waals surface area contributed by atoms with Gasteiger partial charge in [0.25, 0.3) is 10.2 Å². The first kappa shape index (κ1) is 19.4. The minimum absolute atomic E-state index is 0. The van der Waals surface area contributed by atoms with Crippen molar-refractivity contribution in [3.8, 4) is 0 Å². The average molecular weight is 366 g/mol. The molecule has 3 aliphatic rings. The third kappa shape index (κ3) is 4.40. The molecule has 2 heterocycles. The van der Waals surface area contributed by atoms with Crippen LogP contribution in [0.3, 0.4) is 0 Å². The summed E-state index contributed by atoms with van der Waals surface area (Å²) in [5.74, 6) is 0.661. The molecule has 2 saturated heterocycles. The summed E-state index contributed by atoms with van der Waals surface area (Å²) in [5, 5.41) is 3.58. The highest BCUT2D eigenvalue weighted by molar-refractivity contribution is 7.86. The SMILES string of the molecule is CN(C1CCCCC1)S(=O)(=O)N1CCC(C2CCCN2)CC1.Cl. The Kier molecular flexibility index (Phi) is 7.17. The van der Waals surface area contributed by atoms with E-state index in [1.807, 2.05) is 0 Å². The van der Waals surface area contributed by atoms with Crippen LogP contribution >= 0.6 is 12.4 Å². The van der Waals surface area contributed by atoms with Crippen LogP contribution in [-0.2, 0) is 10.2 Å². The molecule has 2 aliphatic heterocycles. The zero-order chi connectivity index (χ0) is 15.6. The molecule has 5 nitrogen and oxygen atoms in total. The summed E-state index contributed by atoms with van der Waals surface area (Å²) in [4.78, 5) is 0. The maximum Gasteiger partial charge on any atom is 0.281 e. The van der Waals surface area contributed by atoms with E-state index in [1.165, 1.54) is 32.1 Å². The van der Waals surface area contributed by atoms with Crippen molar-refractivity contribution in [3.63, 3.8) is 0 Å². The highest BCUT2D eigenvalue weighted by atomic mass is 35.5. The van der Waals surface area contributed by atoms with Crippen LogP contribution in [0.15, 0.2) is 0 Å². The van der Waals surface area contributed by atoms with Gasteiger partial charge in [-0.2, -0.15) is 17.0 Å². The molecule has 0 aromatic rings. The first-order valence-corrected chi connectivity index (χ1v) is 10.5. The number of rotatable bonds is 4. The highest BCUT2D eigenvalue weighted by Gasteiger charge is 2.36. The van der Waals surface area contributed by atoms with E-state index in [0.29, 0.717) is 25.0 Å². The lowest BCUT2D eigenvalue weighted by molar-refractivity contribution is 0.210. The van der Waals surface area contributed by atoms with Gasteiger partial charge in [0.1, 0.15) is 0 Å². The van der Waals surface area contributed by atoms with E-state index < -0.39 is 10.2 Å². The molecule has 136 valence electrons. The van der Waals surface area contributed by atoms with Crippen LogP contribution in [0.1, 0.15) is 57.8 Å². The van der Waals surface area contributed by atoms with Crippen molar-refractivity contribution in [3.05, 3.63) is 0 Å². The molecule has 0 bridgehead atoms. The Morgan fingerprint density at radius 1 is 0.957 bits per heavy atom. The van der Waals surface area contributed by atoms with Gasteiger partial charge < -0.3 is 5.32 Å². The first-order chi connectivity index (χ1) is 10.6. The Labute approximate surface area is 147 Å². The lowest BCUT2D eigenvalue weighted by Crippen LogP contribution is -2.50. The van der Waals surface area contributed by atoms with E-state index in [0.717, 1.165) is 32.2 Å². The lowest BCUT2D eigenvalue weighted by atomic mass is 9.89. The normalized spacial score (nSPS) is 28.9. The number of piperidine rings is 1. The smallest absolute Gasteiger partial charge is 0.281 e. The minimum Gasteiger partial charge on any atom is -0.314 e. The summed E-state index contributed by atoms with van der Waals surface area (Å²) in [7, 11) is -1.47. The van der Waals surface area contributed by atoms with Gasteiger partial charge in [-0.1, -0.05) is 19.3 Å². The number of nitrogens with zero attached hydrogens (tertiary/aromatic N) is 2. The van der Waals surface area contributed by atoms with Crippen LogP contribution in [0.4, 0.5) is 0 Å². The van der Waals surface area contributed by atoms with Gasteiger partial charge in [0.2, 0.25) is 0 Å². The molecule has 1 saturated carbocycles. The Balaban J connectivity index is 0.00000192. The topological polar surface area (TPSA) is 52.7 Å². The maximum atomic E-state index is 12.8. The molecular weight excluding hydrogens is 334 g/mol. The van der Waals surface area contributed by atoms with Crippen LogP contribution in [0.2, 0.25) is 0 Å². The molecule has 3 rings (SSSR count). The second-order valence-corrected chi connectivity index (χ2v) is 9.24. The fourth-order valence-corrected chi connectivity index (χ4v) is 6.06. The Bertz CT molecular complexity index is 454. The van der Waals surface area contributed by atoms with E-state index >= 15 is 0 Å². The molecule has 1 aliphatic carbocycles. The monoisotopic (exact) mass is 365 g/mol. The summed E-state index contributed by atoms with van der Waals surface area (Å²) >= 11 is 0. The van der Waals surface area contributed by atoms with Crippen LogP contribution in [-0.4, -0.2) is 55.8 Å². The molecule has 0 aromatic heterocycles. The number of nitrogens with one attached hydrogen (secondary N) is 1. The van der Waals surface area contributed by atoms with Crippen molar-refractivity contribution in [1.29, 1.82) is 0 Å². The highest BCUT2D eigenvalue weighted by Crippen LogP contribution is 2.29. The number of hydrogen-bond donors (Lipinski definition) is 1. The van der Waals surface area contributed by atoms with Gasteiger partial charge >= 0.3 is 0 Å². The molecule has 3 fully saturated rings. The van der Waals surface area contributed by atoms with Gasteiger partial charge in [0, 0.05) is 32.2 Å². The zero-order valence-electron chi connectivity index (χ0n) is 14.2. The van der Waals surface area contributed by atoms with Gasteiger partial charge in [-0.15, -0.1) is 12.4 Å². The fraction of sp³-hybridized carbons (Fsp3) is 1.00. The summed E-state index contributed by atoms with van der Waals surface area (Å²) in [6.07, 6.45) is 10.2. The van der Waals surface area contributed by atoms with Crippen LogP contribution in [0.5, 0.6) is 0 Å². The fourth-order valence-electron chi connectivity index (χ4n) is 4.44. The van der Waals surface area contributed by atoms with Gasteiger partial charge in [-0.25, -0.2) is 0 Å². The van der Waals surface area contributed by atoms with Gasteiger partial charge in [-0.3, -0.25) is 0 Å². The average Bonchev–Trinajstić information content (AvgIpc) is 3.09. The van der Waals surface area contributed by atoms with Gasteiger partial charge in [0.05, 0.1) is 0 Å². The molecule has 1 N–H and O–H groups in total.